The van der Waals surface area contributed by atoms with Gasteiger partial charge in [-0.05, 0) is 12.5 Å². The summed E-state index contributed by atoms with van der Waals surface area (Å²) in [5, 5.41) is 20.6. The Bertz CT molecular complexity index is 523. The lowest BCUT2D eigenvalue weighted by Crippen LogP contribution is -2.05. The fraction of sp³-hybridized carbons (Fsp3) is 0.250. The normalized spacial score (nSPS) is 10.4. The smallest absolute Gasteiger partial charge is 0.303 e. The highest BCUT2D eigenvalue weighted by Crippen LogP contribution is 2.19. The van der Waals surface area contributed by atoms with Gasteiger partial charge in [0.2, 0.25) is 0 Å². The Labute approximate surface area is 98.5 Å². The fourth-order valence-electron chi connectivity index (χ4n) is 1.61. The molecule has 2 rings (SSSR count). The predicted molar refractivity (Wildman–Crippen MR) is 64.9 cm³/mol. The molecule has 88 valence electrons. The van der Waals surface area contributed by atoms with Crippen LogP contribution in [0.3, 0.4) is 0 Å². The first-order valence-corrected chi connectivity index (χ1v) is 5.43. The van der Waals surface area contributed by atoms with Crippen molar-refractivity contribution in [3.8, 4) is 0 Å². The number of aliphatic carboxylic acids is 1. The van der Waals surface area contributed by atoms with Gasteiger partial charge in [0, 0.05) is 18.4 Å². The van der Waals surface area contributed by atoms with E-state index < -0.39 is 5.97 Å². The molecule has 0 aliphatic carbocycles. The van der Waals surface area contributed by atoms with Crippen molar-refractivity contribution in [2.45, 2.75) is 12.8 Å². The average Bonchev–Trinajstić information content (AvgIpc) is 2.34. The first-order chi connectivity index (χ1) is 8.27. The van der Waals surface area contributed by atoms with Crippen LogP contribution in [0.5, 0.6) is 0 Å². The van der Waals surface area contributed by atoms with E-state index in [0.717, 1.165) is 16.6 Å². The fourth-order valence-corrected chi connectivity index (χ4v) is 1.61. The van der Waals surface area contributed by atoms with Gasteiger partial charge in [-0.2, -0.15) is 10.2 Å². The number of anilines is 1. The van der Waals surface area contributed by atoms with Gasteiger partial charge in [-0.3, -0.25) is 4.79 Å². The van der Waals surface area contributed by atoms with Gasteiger partial charge in [-0.1, -0.05) is 18.2 Å². The summed E-state index contributed by atoms with van der Waals surface area (Å²) in [4.78, 5) is 10.4. The van der Waals surface area contributed by atoms with Crippen LogP contribution in [0.25, 0.3) is 10.9 Å². The molecule has 1 aromatic heterocycles. The zero-order valence-electron chi connectivity index (χ0n) is 9.26. The number of rotatable bonds is 5. The molecule has 17 heavy (non-hydrogen) atoms. The standard InChI is InChI=1S/C12H13N3O2/c16-12(17)6-3-7-13-11-8-14-15-10-5-2-1-4-9(10)11/h1-2,4-5,8H,3,6-7H2,(H,13,15)(H,16,17). The third-order valence-electron chi connectivity index (χ3n) is 2.43. The summed E-state index contributed by atoms with van der Waals surface area (Å²) in [5.41, 5.74) is 1.72. The Morgan fingerprint density at radius 2 is 2.18 bits per heavy atom. The van der Waals surface area contributed by atoms with E-state index in [1.54, 1.807) is 6.20 Å². The number of carboxylic acid groups (broad SMARTS) is 1. The third-order valence-corrected chi connectivity index (χ3v) is 2.43. The van der Waals surface area contributed by atoms with E-state index in [4.69, 9.17) is 5.11 Å². The summed E-state index contributed by atoms with van der Waals surface area (Å²) in [7, 11) is 0. The summed E-state index contributed by atoms with van der Waals surface area (Å²) >= 11 is 0. The molecule has 2 aromatic rings. The maximum absolute atomic E-state index is 10.4. The van der Waals surface area contributed by atoms with Crippen LogP contribution in [-0.4, -0.2) is 27.8 Å². The summed E-state index contributed by atoms with van der Waals surface area (Å²) in [6.07, 6.45) is 2.42. The molecule has 0 radical (unpaired) electrons. The van der Waals surface area contributed by atoms with E-state index in [1.165, 1.54) is 0 Å². The number of benzene rings is 1. The second-order valence-corrected chi connectivity index (χ2v) is 3.70. The zero-order valence-corrected chi connectivity index (χ0v) is 9.26. The van der Waals surface area contributed by atoms with E-state index in [2.05, 4.69) is 15.5 Å². The SMILES string of the molecule is O=C(O)CCCNc1cnnc2ccccc12. The first kappa shape index (κ1) is 11.3. The van der Waals surface area contributed by atoms with Crippen LogP contribution < -0.4 is 5.32 Å². The van der Waals surface area contributed by atoms with Crippen LogP contribution >= 0.6 is 0 Å². The van der Waals surface area contributed by atoms with Crippen molar-refractivity contribution in [1.82, 2.24) is 10.2 Å². The lowest BCUT2D eigenvalue weighted by atomic mass is 10.2. The minimum atomic E-state index is -0.774. The van der Waals surface area contributed by atoms with E-state index in [9.17, 15) is 4.79 Å². The Morgan fingerprint density at radius 3 is 3.00 bits per heavy atom. The maximum Gasteiger partial charge on any atom is 0.303 e. The highest BCUT2D eigenvalue weighted by Gasteiger charge is 2.02. The van der Waals surface area contributed by atoms with Gasteiger partial charge in [0.05, 0.1) is 17.4 Å². The number of fused-ring (bicyclic) bond motifs is 1. The Hall–Kier alpha value is -2.17. The Kier molecular flexibility index (Phi) is 3.49. The van der Waals surface area contributed by atoms with Gasteiger partial charge in [0.1, 0.15) is 0 Å². The molecular weight excluding hydrogens is 218 g/mol. The van der Waals surface area contributed by atoms with E-state index in [1.807, 2.05) is 24.3 Å². The van der Waals surface area contributed by atoms with Crippen LogP contribution in [-0.2, 0) is 4.79 Å². The molecule has 0 bridgehead atoms. The monoisotopic (exact) mass is 231 g/mol. The second kappa shape index (κ2) is 5.25. The molecule has 0 aliphatic rings. The van der Waals surface area contributed by atoms with Gasteiger partial charge in [-0.25, -0.2) is 0 Å². The molecule has 1 aromatic carbocycles. The van der Waals surface area contributed by atoms with Crippen molar-refractivity contribution in [1.29, 1.82) is 0 Å². The molecule has 0 unspecified atom stereocenters. The van der Waals surface area contributed by atoms with Gasteiger partial charge >= 0.3 is 5.97 Å². The van der Waals surface area contributed by atoms with Crippen LogP contribution in [0.15, 0.2) is 30.5 Å². The first-order valence-electron chi connectivity index (χ1n) is 5.43. The molecule has 0 spiro atoms. The molecular formula is C12H13N3O2. The van der Waals surface area contributed by atoms with E-state index in [-0.39, 0.29) is 6.42 Å². The van der Waals surface area contributed by atoms with Crippen molar-refractivity contribution in [3.05, 3.63) is 30.5 Å². The van der Waals surface area contributed by atoms with Crippen molar-refractivity contribution < 1.29 is 9.90 Å². The largest absolute Gasteiger partial charge is 0.481 e. The summed E-state index contributed by atoms with van der Waals surface area (Å²) in [6.45, 7) is 0.613. The van der Waals surface area contributed by atoms with Gasteiger partial charge in [0.15, 0.2) is 0 Å². The van der Waals surface area contributed by atoms with Crippen LogP contribution in [0.1, 0.15) is 12.8 Å². The number of carbonyl (C=O) groups is 1. The summed E-state index contributed by atoms with van der Waals surface area (Å²) in [6, 6.07) is 7.70. The van der Waals surface area contributed by atoms with Crippen LogP contribution in [0, 0.1) is 0 Å². The molecule has 0 fully saturated rings. The number of nitrogens with zero attached hydrogens (tertiary/aromatic N) is 2. The Morgan fingerprint density at radius 1 is 1.35 bits per heavy atom. The Balaban J connectivity index is 2.05. The topological polar surface area (TPSA) is 75.1 Å². The highest BCUT2D eigenvalue weighted by atomic mass is 16.4. The molecule has 0 saturated heterocycles. The molecule has 0 atom stereocenters. The average molecular weight is 231 g/mol. The van der Waals surface area contributed by atoms with Crippen molar-refractivity contribution >= 4 is 22.6 Å². The lowest BCUT2D eigenvalue weighted by molar-refractivity contribution is -0.137. The molecule has 2 N–H and O–H groups in total. The summed E-state index contributed by atoms with van der Waals surface area (Å²) in [5.74, 6) is -0.774. The second-order valence-electron chi connectivity index (χ2n) is 3.70. The third kappa shape index (κ3) is 2.90. The number of carboxylic acids is 1. The minimum absolute atomic E-state index is 0.170. The molecule has 0 saturated carbocycles. The number of hydrogen-bond donors (Lipinski definition) is 2. The van der Waals surface area contributed by atoms with Gasteiger partial charge in [-0.15, -0.1) is 0 Å². The number of hydrogen-bond acceptors (Lipinski definition) is 4. The highest BCUT2D eigenvalue weighted by molar-refractivity contribution is 5.90. The van der Waals surface area contributed by atoms with Crippen LogP contribution in [0.2, 0.25) is 0 Å². The number of aromatic nitrogens is 2. The van der Waals surface area contributed by atoms with Crippen LogP contribution in [0.4, 0.5) is 5.69 Å². The minimum Gasteiger partial charge on any atom is -0.481 e. The molecule has 5 nitrogen and oxygen atoms in total. The molecule has 0 aliphatic heterocycles. The van der Waals surface area contributed by atoms with Gasteiger partial charge in [0.25, 0.3) is 0 Å². The summed E-state index contributed by atoms with van der Waals surface area (Å²) < 4.78 is 0. The lowest BCUT2D eigenvalue weighted by Gasteiger charge is -2.07. The molecule has 0 amide bonds. The maximum atomic E-state index is 10.4. The zero-order chi connectivity index (χ0) is 12.1. The predicted octanol–water partition coefficient (Wildman–Crippen LogP) is 1.91. The number of nitrogens with one attached hydrogen (secondary N) is 1. The van der Waals surface area contributed by atoms with Crippen molar-refractivity contribution in [2.24, 2.45) is 0 Å². The quantitative estimate of drug-likeness (QED) is 0.769. The van der Waals surface area contributed by atoms with E-state index >= 15 is 0 Å². The molecule has 5 heteroatoms. The van der Waals surface area contributed by atoms with Crippen molar-refractivity contribution in [2.75, 3.05) is 11.9 Å². The van der Waals surface area contributed by atoms with Gasteiger partial charge < -0.3 is 10.4 Å². The van der Waals surface area contributed by atoms with Crippen molar-refractivity contribution in [3.63, 3.8) is 0 Å². The molecule has 1 heterocycles. The van der Waals surface area contributed by atoms with E-state index in [0.29, 0.717) is 13.0 Å².